The molecule has 3 aliphatic carbocycles. The van der Waals surface area contributed by atoms with Crippen LogP contribution in [0.2, 0.25) is 19.6 Å². The van der Waals surface area contributed by atoms with Gasteiger partial charge in [-0.1, -0.05) is 45.3 Å². The lowest BCUT2D eigenvalue weighted by Gasteiger charge is -2.50. The van der Waals surface area contributed by atoms with E-state index in [1.54, 1.807) is 0 Å². The lowest BCUT2D eigenvalue weighted by molar-refractivity contribution is -0.193. The molecule has 5 fully saturated rings. The first-order valence-corrected chi connectivity index (χ1v) is 21.5. The van der Waals surface area contributed by atoms with Crippen molar-refractivity contribution in [3.05, 3.63) is 0 Å². The Labute approximate surface area is 261 Å². The molecule has 43 heavy (non-hydrogen) atoms. The maximum Gasteiger partial charge on any atom is 0.309 e. The van der Waals surface area contributed by atoms with Crippen molar-refractivity contribution in [3.8, 4) is 0 Å². The first kappa shape index (κ1) is 33.4. The maximum atomic E-state index is 13.4. The number of hydrogen-bond acceptors (Lipinski definition) is 8. The van der Waals surface area contributed by atoms with Gasteiger partial charge in [0, 0.05) is 45.5 Å². The molecule has 0 radical (unpaired) electrons. The standard InChI is InChI=1S/C34H60N2O6Si/c1-43(2,3)25-41-27-15-13-26(14-16-27)33(37)40-24-22-36-20-18-35(19-21-36)17-8-23-39-34(38)32-28-9-4-6-11-30(28)42-31-12-7-5-10-29(31)32/h26-32H,4-25H2,1-3H3. The highest BCUT2D eigenvalue weighted by Gasteiger charge is 2.50. The van der Waals surface area contributed by atoms with Crippen LogP contribution in [0.3, 0.4) is 0 Å². The zero-order valence-electron chi connectivity index (χ0n) is 27.4. The molecule has 5 rings (SSSR count). The number of esters is 2. The number of piperazine rings is 1. The van der Waals surface area contributed by atoms with Gasteiger partial charge in [-0.2, -0.15) is 0 Å². The summed E-state index contributed by atoms with van der Waals surface area (Å²) >= 11 is 0. The monoisotopic (exact) mass is 620 g/mol. The highest BCUT2D eigenvalue weighted by molar-refractivity contribution is 6.76. The van der Waals surface area contributed by atoms with Gasteiger partial charge in [0.2, 0.25) is 0 Å². The van der Waals surface area contributed by atoms with Crippen molar-refractivity contribution in [1.82, 2.24) is 9.80 Å². The van der Waals surface area contributed by atoms with Crippen LogP contribution < -0.4 is 0 Å². The van der Waals surface area contributed by atoms with Crippen molar-refractivity contribution in [2.45, 2.75) is 121 Å². The van der Waals surface area contributed by atoms with Crippen molar-refractivity contribution in [1.29, 1.82) is 0 Å². The predicted molar refractivity (Wildman–Crippen MR) is 171 cm³/mol. The molecule has 0 spiro atoms. The second-order valence-electron chi connectivity index (χ2n) is 15.4. The van der Waals surface area contributed by atoms with E-state index >= 15 is 0 Å². The van der Waals surface area contributed by atoms with Crippen molar-refractivity contribution in [2.75, 3.05) is 58.7 Å². The molecular formula is C34H60N2O6Si. The number of hydrogen-bond donors (Lipinski definition) is 0. The third-order valence-electron chi connectivity index (χ3n) is 10.8. The number of fused-ring (bicyclic) bond motifs is 2. The lowest BCUT2D eigenvalue weighted by Crippen LogP contribution is -2.53. The first-order valence-electron chi connectivity index (χ1n) is 17.8. The smallest absolute Gasteiger partial charge is 0.309 e. The molecule has 0 bridgehead atoms. The molecule has 2 aliphatic heterocycles. The first-order chi connectivity index (χ1) is 20.8. The van der Waals surface area contributed by atoms with E-state index in [-0.39, 0.29) is 36.0 Å². The van der Waals surface area contributed by atoms with Gasteiger partial charge in [-0.05, 0) is 69.6 Å². The fourth-order valence-corrected chi connectivity index (χ4v) is 9.06. The second kappa shape index (κ2) is 16.0. The van der Waals surface area contributed by atoms with E-state index in [2.05, 4.69) is 29.4 Å². The van der Waals surface area contributed by atoms with Crippen LogP contribution in [0, 0.1) is 23.7 Å². The zero-order valence-corrected chi connectivity index (χ0v) is 28.4. The Morgan fingerprint density at radius 1 is 0.698 bits per heavy atom. The van der Waals surface area contributed by atoms with Gasteiger partial charge >= 0.3 is 11.9 Å². The number of rotatable bonds is 12. The van der Waals surface area contributed by atoms with Gasteiger partial charge in [0.15, 0.2) is 0 Å². The van der Waals surface area contributed by atoms with Crippen LogP contribution in [-0.2, 0) is 28.5 Å². The Morgan fingerprint density at radius 3 is 1.86 bits per heavy atom. The molecule has 3 saturated carbocycles. The van der Waals surface area contributed by atoms with E-state index in [9.17, 15) is 9.59 Å². The average Bonchev–Trinajstić information content (AvgIpc) is 3.01. The molecule has 8 nitrogen and oxygen atoms in total. The molecule has 4 unspecified atom stereocenters. The number of carbonyl (C=O) groups is 2. The van der Waals surface area contributed by atoms with E-state index in [1.165, 1.54) is 25.7 Å². The second-order valence-corrected chi connectivity index (χ2v) is 20.8. The van der Waals surface area contributed by atoms with Crippen LogP contribution in [-0.4, -0.2) is 107 Å². The average molecular weight is 621 g/mol. The van der Waals surface area contributed by atoms with Gasteiger partial charge in [0.05, 0.1) is 44.8 Å². The van der Waals surface area contributed by atoms with E-state index in [1.807, 2.05) is 0 Å². The predicted octanol–water partition coefficient (Wildman–Crippen LogP) is 5.30. The largest absolute Gasteiger partial charge is 0.465 e. The molecule has 0 amide bonds. The lowest BCUT2D eigenvalue weighted by atomic mass is 9.65. The fraction of sp³-hybridized carbons (Fsp3) is 0.941. The number of ether oxygens (including phenoxy) is 4. The quantitative estimate of drug-likeness (QED) is 0.165. The summed E-state index contributed by atoms with van der Waals surface area (Å²) in [6.07, 6.45) is 15.7. The molecule has 0 aromatic carbocycles. The Balaban J connectivity index is 0.922. The maximum absolute atomic E-state index is 13.4. The Bertz CT molecular complexity index is 861. The summed E-state index contributed by atoms with van der Waals surface area (Å²) in [7, 11) is -1.19. The minimum absolute atomic E-state index is 0.0180. The zero-order chi connectivity index (χ0) is 30.2. The van der Waals surface area contributed by atoms with Crippen molar-refractivity contribution in [2.24, 2.45) is 23.7 Å². The van der Waals surface area contributed by atoms with E-state index in [4.69, 9.17) is 18.9 Å². The normalized spacial score (nSPS) is 34.2. The molecule has 2 saturated heterocycles. The highest BCUT2D eigenvalue weighted by atomic mass is 28.3. The SMILES string of the molecule is C[Si](C)(C)COC1CCC(C(=O)OCCN2CCN(CCCOC(=O)C3C4CCCCC4OC4CCCCC43)CC2)CC1. The van der Waals surface area contributed by atoms with Crippen molar-refractivity contribution >= 4 is 20.0 Å². The minimum atomic E-state index is -1.19. The van der Waals surface area contributed by atoms with Gasteiger partial charge < -0.3 is 23.8 Å². The molecule has 0 aromatic heterocycles. The Hall–Kier alpha value is -1.00. The van der Waals surface area contributed by atoms with E-state index in [0.717, 1.165) is 103 Å². The fourth-order valence-electron chi connectivity index (χ4n) is 8.32. The molecule has 5 aliphatic rings. The summed E-state index contributed by atoms with van der Waals surface area (Å²) in [4.78, 5) is 30.9. The molecule has 0 N–H and O–H groups in total. The van der Waals surface area contributed by atoms with Gasteiger partial charge in [-0.3, -0.25) is 14.5 Å². The summed E-state index contributed by atoms with van der Waals surface area (Å²) in [5.41, 5.74) is 0. The van der Waals surface area contributed by atoms with Crippen molar-refractivity contribution < 1.29 is 28.5 Å². The number of carbonyl (C=O) groups excluding carboxylic acids is 2. The van der Waals surface area contributed by atoms with Gasteiger partial charge in [-0.15, -0.1) is 0 Å². The van der Waals surface area contributed by atoms with Crippen LogP contribution >= 0.6 is 0 Å². The van der Waals surface area contributed by atoms with Crippen LogP contribution in [0.1, 0.15) is 83.5 Å². The minimum Gasteiger partial charge on any atom is -0.465 e. The topological polar surface area (TPSA) is 77.5 Å². The molecule has 2 heterocycles. The summed E-state index contributed by atoms with van der Waals surface area (Å²) < 4.78 is 24.3. The summed E-state index contributed by atoms with van der Waals surface area (Å²) in [6.45, 7) is 13.8. The third-order valence-corrected chi connectivity index (χ3v) is 11.8. The number of nitrogens with zero attached hydrogens (tertiary/aromatic N) is 2. The molecule has 9 heteroatoms. The summed E-state index contributed by atoms with van der Waals surface area (Å²) in [5, 5.41) is 0. The van der Waals surface area contributed by atoms with E-state index < -0.39 is 8.07 Å². The molecule has 246 valence electrons. The van der Waals surface area contributed by atoms with Crippen LogP contribution in [0.15, 0.2) is 0 Å². The summed E-state index contributed by atoms with van der Waals surface area (Å²) in [5.74, 6) is 0.850. The Morgan fingerprint density at radius 2 is 1.26 bits per heavy atom. The van der Waals surface area contributed by atoms with Crippen molar-refractivity contribution in [3.63, 3.8) is 0 Å². The molecule has 4 atom stereocenters. The third kappa shape index (κ3) is 9.74. The van der Waals surface area contributed by atoms with Crippen LogP contribution in [0.4, 0.5) is 0 Å². The van der Waals surface area contributed by atoms with Gasteiger partial charge in [0.1, 0.15) is 6.61 Å². The highest BCUT2D eigenvalue weighted by Crippen LogP contribution is 2.47. The summed E-state index contributed by atoms with van der Waals surface area (Å²) in [6, 6.07) is 0. The Kier molecular flexibility index (Phi) is 12.4. The van der Waals surface area contributed by atoms with Crippen LogP contribution in [0.25, 0.3) is 0 Å². The molecular weight excluding hydrogens is 560 g/mol. The van der Waals surface area contributed by atoms with Gasteiger partial charge in [0.25, 0.3) is 0 Å². The van der Waals surface area contributed by atoms with Crippen LogP contribution in [0.5, 0.6) is 0 Å². The van der Waals surface area contributed by atoms with E-state index in [0.29, 0.717) is 31.2 Å². The van der Waals surface area contributed by atoms with Gasteiger partial charge in [-0.25, -0.2) is 0 Å². The molecule has 0 aromatic rings.